The van der Waals surface area contributed by atoms with Crippen molar-refractivity contribution in [3.8, 4) is 0 Å². The number of hydrogen-bond donors (Lipinski definition) is 2. The Morgan fingerprint density at radius 3 is 2.78 bits per heavy atom. The fraction of sp³-hybridized carbons (Fsp3) is 0.0909. The van der Waals surface area contributed by atoms with E-state index in [1.54, 1.807) is 18.2 Å². The van der Waals surface area contributed by atoms with Crippen molar-refractivity contribution in [3.05, 3.63) is 40.1 Å². The third-order valence-electron chi connectivity index (χ3n) is 2.27. The number of nitrogens with two attached hydrogens (primary N) is 1. The van der Waals surface area contributed by atoms with Crippen molar-refractivity contribution in [2.24, 2.45) is 5.84 Å². The number of hydrogen-bond acceptors (Lipinski definition) is 5. The zero-order valence-electron chi connectivity index (χ0n) is 9.45. The number of nitrogens with zero attached hydrogens (tertiary/aromatic N) is 2. The molecule has 0 aliphatic heterocycles. The first-order valence-electron chi connectivity index (χ1n) is 5.03. The van der Waals surface area contributed by atoms with Gasteiger partial charge in [-0.05, 0) is 25.1 Å². The van der Waals surface area contributed by atoms with Gasteiger partial charge in [-0.25, -0.2) is 15.8 Å². The lowest BCUT2D eigenvalue weighted by Crippen LogP contribution is -2.10. The topological polar surface area (TPSA) is 63.8 Å². The number of hydrazine groups is 1. The molecule has 0 saturated carbocycles. The lowest BCUT2D eigenvalue weighted by Gasteiger charge is -2.09. The molecule has 1 heterocycles. The largest absolute Gasteiger partial charge is 0.308 e. The van der Waals surface area contributed by atoms with Gasteiger partial charge in [-0.15, -0.1) is 0 Å². The van der Waals surface area contributed by atoms with Crippen molar-refractivity contribution in [1.82, 2.24) is 9.97 Å². The summed E-state index contributed by atoms with van der Waals surface area (Å²) in [5.74, 6) is 5.96. The van der Waals surface area contributed by atoms with Crippen LogP contribution in [-0.4, -0.2) is 9.97 Å². The molecule has 0 radical (unpaired) electrons. The number of benzene rings is 1. The molecule has 0 amide bonds. The van der Waals surface area contributed by atoms with Gasteiger partial charge in [0.2, 0.25) is 0 Å². The SMILES string of the molecule is Cc1c(NN)ncnc1Sc1cc(Cl)ccc1Cl. The van der Waals surface area contributed by atoms with E-state index in [1.807, 2.05) is 6.92 Å². The van der Waals surface area contributed by atoms with Crippen LogP contribution in [0.25, 0.3) is 0 Å². The van der Waals surface area contributed by atoms with E-state index in [4.69, 9.17) is 29.0 Å². The van der Waals surface area contributed by atoms with E-state index in [9.17, 15) is 0 Å². The number of nitrogens with one attached hydrogen (secondary N) is 1. The number of aromatic nitrogens is 2. The second-order valence-electron chi connectivity index (χ2n) is 3.47. The van der Waals surface area contributed by atoms with Crippen molar-refractivity contribution in [3.63, 3.8) is 0 Å². The maximum Gasteiger partial charge on any atom is 0.147 e. The van der Waals surface area contributed by atoms with Crippen LogP contribution < -0.4 is 11.3 Å². The summed E-state index contributed by atoms with van der Waals surface area (Å²) in [5, 5.41) is 2.04. The zero-order chi connectivity index (χ0) is 13.1. The minimum absolute atomic E-state index is 0.589. The van der Waals surface area contributed by atoms with Gasteiger partial charge in [0, 0.05) is 15.5 Å². The molecule has 0 aliphatic rings. The average molecular weight is 301 g/mol. The molecular formula is C11H10Cl2N4S. The van der Waals surface area contributed by atoms with Crippen LogP contribution in [0.1, 0.15) is 5.56 Å². The fourth-order valence-electron chi connectivity index (χ4n) is 1.34. The molecule has 0 fully saturated rings. The first-order chi connectivity index (χ1) is 8.61. The summed E-state index contributed by atoms with van der Waals surface area (Å²) in [7, 11) is 0. The second-order valence-corrected chi connectivity index (χ2v) is 5.35. The Morgan fingerprint density at radius 2 is 2.06 bits per heavy atom. The Balaban J connectivity index is 2.37. The summed E-state index contributed by atoms with van der Waals surface area (Å²) < 4.78 is 0. The van der Waals surface area contributed by atoms with E-state index < -0.39 is 0 Å². The van der Waals surface area contributed by atoms with Crippen LogP contribution in [-0.2, 0) is 0 Å². The van der Waals surface area contributed by atoms with Gasteiger partial charge >= 0.3 is 0 Å². The summed E-state index contributed by atoms with van der Waals surface area (Å²) in [6.45, 7) is 1.88. The van der Waals surface area contributed by atoms with Crippen molar-refractivity contribution < 1.29 is 0 Å². The summed E-state index contributed by atoms with van der Waals surface area (Å²) in [6, 6.07) is 5.30. The van der Waals surface area contributed by atoms with E-state index in [-0.39, 0.29) is 0 Å². The molecule has 0 atom stereocenters. The predicted octanol–water partition coefficient (Wildman–Crippen LogP) is 3.53. The average Bonchev–Trinajstić information content (AvgIpc) is 2.36. The third-order valence-corrected chi connectivity index (χ3v) is 4.11. The quantitative estimate of drug-likeness (QED) is 0.516. The lowest BCUT2D eigenvalue weighted by atomic mass is 10.3. The molecule has 0 aliphatic carbocycles. The normalized spacial score (nSPS) is 10.4. The summed E-state index contributed by atoms with van der Waals surface area (Å²) >= 11 is 13.5. The van der Waals surface area contributed by atoms with Gasteiger partial charge in [-0.1, -0.05) is 35.0 Å². The molecule has 4 nitrogen and oxygen atoms in total. The Morgan fingerprint density at radius 1 is 1.28 bits per heavy atom. The molecule has 94 valence electrons. The molecule has 7 heteroatoms. The first-order valence-corrected chi connectivity index (χ1v) is 6.60. The van der Waals surface area contributed by atoms with Crippen LogP contribution in [0.3, 0.4) is 0 Å². The maximum atomic E-state index is 6.11. The number of halogens is 2. The van der Waals surface area contributed by atoms with E-state index in [0.717, 1.165) is 15.5 Å². The van der Waals surface area contributed by atoms with Crippen LogP contribution in [0.2, 0.25) is 10.0 Å². The van der Waals surface area contributed by atoms with E-state index in [1.165, 1.54) is 18.1 Å². The molecule has 0 saturated heterocycles. The standard InChI is InChI=1S/C11H10Cl2N4S/c1-6-10(17-14)15-5-16-11(6)18-9-4-7(12)2-3-8(9)13/h2-5H,14H2,1H3,(H,15,16,17). The molecule has 0 bridgehead atoms. The van der Waals surface area contributed by atoms with Gasteiger partial charge < -0.3 is 5.43 Å². The van der Waals surface area contributed by atoms with Crippen LogP contribution in [0, 0.1) is 6.92 Å². The van der Waals surface area contributed by atoms with Gasteiger partial charge in [0.15, 0.2) is 0 Å². The van der Waals surface area contributed by atoms with Gasteiger partial charge in [-0.3, -0.25) is 0 Å². The Kier molecular flexibility index (Phi) is 4.29. The molecule has 3 N–H and O–H groups in total. The predicted molar refractivity (Wildman–Crippen MR) is 75.2 cm³/mol. The Bertz CT molecular complexity index is 577. The smallest absolute Gasteiger partial charge is 0.147 e. The highest BCUT2D eigenvalue weighted by atomic mass is 35.5. The molecule has 18 heavy (non-hydrogen) atoms. The molecule has 1 aromatic heterocycles. The van der Waals surface area contributed by atoms with Gasteiger partial charge in [-0.2, -0.15) is 0 Å². The molecular weight excluding hydrogens is 291 g/mol. The molecule has 0 spiro atoms. The van der Waals surface area contributed by atoms with Crippen molar-refractivity contribution in [2.45, 2.75) is 16.8 Å². The van der Waals surface area contributed by atoms with E-state index >= 15 is 0 Å². The number of anilines is 1. The summed E-state index contributed by atoms with van der Waals surface area (Å²) in [5.41, 5.74) is 3.39. The molecule has 2 rings (SSSR count). The number of rotatable bonds is 3. The fourth-order valence-corrected chi connectivity index (χ4v) is 2.72. The van der Waals surface area contributed by atoms with E-state index in [0.29, 0.717) is 15.9 Å². The summed E-state index contributed by atoms with van der Waals surface area (Å²) in [6.07, 6.45) is 1.45. The Hall–Kier alpha value is -1.01. The highest BCUT2D eigenvalue weighted by molar-refractivity contribution is 7.99. The summed E-state index contributed by atoms with van der Waals surface area (Å²) in [4.78, 5) is 9.07. The number of nitrogen functional groups attached to an aromatic ring is 1. The second kappa shape index (κ2) is 5.75. The minimum Gasteiger partial charge on any atom is -0.308 e. The minimum atomic E-state index is 0.589. The molecule has 0 unspecified atom stereocenters. The van der Waals surface area contributed by atoms with Crippen LogP contribution in [0.4, 0.5) is 5.82 Å². The zero-order valence-corrected chi connectivity index (χ0v) is 11.8. The van der Waals surface area contributed by atoms with Gasteiger partial charge in [0.1, 0.15) is 17.2 Å². The first kappa shape index (κ1) is 13.4. The van der Waals surface area contributed by atoms with Gasteiger partial charge in [0.25, 0.3) is 0 Å². The van der Waals surface area contributed by atoms with Crippen molar-refractivity contribution in [1.29, 1.82) is 0 Å². The monoisotopic (exact) mass is 300 g/mol. The van der Waals surface area contributed by atoms with Crippen LogP contribution >= 0.6 is 35.0 Å². The molecule has 2 aromatic rings. The highest BCUT2D eigenvalue weighted by Gasteiger charge is 2.10. The lowest BCUT2D eigenvalue weighted by molar-refractivity contribution is 0.996. The van der Waals surface area contributed by atoms with Gasteiger partial charge in [0.05, 0.1) is 5.02 Å². The maximum absolute atomic E-state index is 6.11. The Labute approximate surface area is 119 Å². The molecule has 1 aromatic carbocycles. The van der Waals surface area contributed by atoms with Crippen molar-refractivity contribution >= 4 is 40.8 Å². The van der Waals surface area contributed by atoms with Crippen LogP contribution in [0.5, 0.6) is 0 Å². The highest BCUT2D eigenvalue weighted by Crippen LogP contribution is 2.36. The van der Waals surface area contributed by atoms with E-state index in [2.05, 4.69) is 15.4 Å². The van der Waals surface area contributed by atoms with Crippen molar-refractivity contribution in [2.75, 3.05) is 5.43 Å². The van der Waals surface area contributed by atoms with Crippen LogP contribution in [0.15, 0.2) is 34.4 Å². The third kappa shape index (κ3) is 2.87.